The van der Waals surface area contributed by atoms with E-state index in [1.165, 1.54) is 18.2 Å². The number of carbonyl (C=O) groups is 1. The summed E-state index contributed by atoms with van der Waals surface area (Å²) in [4.78, 5) is 11.8. The number of benzene rings is 1. The first-order valence-corrected chi connectivity index (χ1v) is 5.80. The fraction of sp³-hybridized carbons (Fsp3) is 0.417. The summed E-state index contributed by atoms with van der Waals surface area (Å²) in [5.74, 6) is -0.903. The summed E-state index contributed by atoms with van der Waals surface area (Å²) in [6.45, 7) is 3.60. The van der Waals surface area contributed by atoms with Gasteiger partial charge < -0.3 is 11.1 Å². The van der Waals surface area contributed by atoms with Crippen LogP contribution >= 0.6 is 24.0 Å². The van der Waals surface area contributed by atoms with E-state index in [9.17, 15) is 9.18 Å². The van der Waals surface area contributed by atoms with E-state index >= 15 is 0 Å². The van der Waals surface area contributed by atoms with Crippen LogP contribution in [0.1, 0.15) is 26.7 Å². The number of hydrogen-bond donors (Lipinski definition) is 2. The SMILES string of the molecule is CCCC(C)(N)C(=O)Nc1ccc(Cl)c(F)c1.Cl. The van der Waals surface area contributed by atoms with Crippen molar-refractivity contribution in [1.29, 1.82) is 0 Å². The van der Waals surface area contributed by atoms with Crippen molar-refractivity contribution in [2.45, 2.75) is 32.2 Å². The zero-order valence-electron chi connectivity index (χ0n) is 10.3. The number of nitrogens with one attached hydrogen (secondary N) is 1. The van der Waals surface area contributed by atoms with Gasteiger partial charge in [0.25, 0.3) is 0 Å². The molecule has 1 aromatic carbocycles. The van der Waals surface area contributed by atoms with Crippen LogP contribution in [0.3, 0.4) is 0 Å². The number of amides is 1. The van der Waals surface area contributed by atoms with Gasteiger partial charge in [-0.3, -0.25) is 4.79 Å². The lowest BCUT2D eigenvalue weighted by Crippen LogP contribution is -2.48. The van der Waals surface area contributed by atoms with Crippen LogP contribution in [0.2, 0.25) is 5.02 Å². The van der Waals surface area contributed by atoms with Gasteiger partial charge in [0, 0.05) is 5.69 Å². The summed E-state index contributed by atoms with van der Waals surface area (Å²) in [6.07, 6.45) is 1.37. The van der Waals surface area contributed by atoms with Crippen molar-refractivity contribution >= 4 is 35.6 Å². The third kappa shape index (κ3) is 4.44. The van der Waals surface area contributed by atoms with E-state index in [-0.39, 0.29) is 23.3 Å². The van der Waals surface area contributed by atoms with Crippen molar-refractivity contribution in [1.82, 2.24) is 0 Å². The minimum Gasteiger partial charge on any atom is -0.324 e. The zero-order valence-corrected chi connectivity index (χ0v) is 11.9. The molecule has 102 valence electrons. The van der Waals surface area contributed by atoms with Gasteiger partial charge in [0.1, 0.15) is 5.82 Å². The van der Waals surface area contributed by atoms with Crippen molar-refractivity contribution in [3.8, 4) is 0 Å². The maximum absolute atomic E-state index is 13.2. The van der Waals surface area contributed by atoms with Crippen LogP contribution in [0.4, 0.5) is 10.1 Å². The Labute approximate surface area is 117 Å². The van der Waals surface area contributed by atoms with E-state index in [4.69, 9.17) is 17.3 Å². The van der Waals surface area contributed by atoms with E-state index in [1.807, 2.05) is 6.92 Å². The molecule has 0 aliphatic rings. The Morgan fingerprint density at radius 1 is 1.56 bits per heavy atom. The highest BCUT2D eigenvalue weighted by Crippen LogP contribution is 2.20. The Balaban J connectivity index is 0.00000289. The smallest absolute Gasteiger partial charge is 0.244 e. The van der Waals surface area contributed by atoms with E-state index in [0.29, 0.717) is 12.1 Å². The second kappa shape index (κ2) is 6.92. The predicted octanol–water partition coefficient (Wildman–Crippen LogP) is 3.36. The second-order valence-corrected chi connectivity index (χ2v) is 4.66. The molecule has 0 spiro atoms. The molecule has 18 heavy (non-hydrogen) atoms. The van der Waals surface area contributed by atoms with Gasteiger partial charge >= 0.3 is 0 Å². The molecule has 3 N–H and O–H groups in total. The number of rotatable bonds is 4. The van der Waals surface area contributed by atoms with Crippen molar-refractivity contribution in [2.24, 2.45) is 5.73 Å². The minimum atomic E-state index is -0.954. The first-order valence-electron chi connectivity index (χ1n) is 5.42. The number of nitrogens with two attached hydrogens (primary N) is 1. The first-order chi connectivity index (χ1) is 7.86. The highest BCUT2D eigenvalue weighted by Gasteiger charge is 2.27. The topological polar surface area (TPSA) is 55.1 Å². The summed E-state index contributed by atoms with van der Waals surface area (Å²) in [5, 5.41) is 2.59. The average molecular weight is 295 g/mol. The monoisotopic (exact) mass is 294 g/mol. The Morgan fingerprint density at radius 3 is 2.67 bits per heavy atom. The van der Waals surface area contributed by atoms with Gasteiger partial charge in [0.05, 0.1) is 10.6 Å². The molecule has 3 nitrogen and oxygen atoms in total. The molecule has 0 fully saturated rings. The molecule has 0 aliphatic carbocycles. The number of hydrogen-bond acceptors (Lipinski definition) is 2. The Hall–Kier alpha value is -0.840. The summed E-state index contributed by atoms with van der Waals surface area (Å²) in [5.41, 5.74) is 5.25. The van der Waals surface area contributed by atoms with E-state index in [2.05, 4.69) is 5.32 Å². The van der Waals surface area contributed by atoms with Crippen LogP contribution in [-0.4, -0.2) is 11.4 Å². The summed E-state index contributed by atoms with van der Waals surface area (Å²) in [6, 6.07) is 4.09. The molecular formula is C12H17Cl2FN2O. The molecule has 6 heteroatoms. The molecule has 0 radical (unpaired) electrons. The van der Waals surface area contributed by atoms with Crippen molar-refractivity contribution in [2.75, 3.05) is 5.32 Å². The molecule has 0 aliphatic heterocycles. The molecule has 1 aromatic rings. The lowest BCUT2D eigenvalue weighted by Gasteiger charge is -2.22. The molecule has 1 amide bonds. The highest BCUT2D eigenvalue weighted by atomic mass is 35.5. The lowest BCUT2D eigenvalue weighted by atomic mass is 9.96. The quantitative estimate of drug-likeness (QED) is 0.895. The molecule has 1 unspecified atom stereocenters. The highest BCUT2D eigenvalue weighted by molar-refractivity contribution is 6.30. The molecular weight excluding hydrogens is 278 g/mol. The van der Waals surface area contributed by atoms with Crippen LogP contribution in [0, 0.1) is 5.82 Å². The van der Waals surface area contributed by atoms with Crippen LogP contribution in [0.15, 0.2) is 18.2 Å². The molecule has 0 bridgehead atoms. The van der Waals surface area contributed by atoms with Crippen molar-refractivity contribution in [3.63, 3.8) is 0 Å². The predicted molar refractivity (Wildman–Crippen MR) is 74.8 cm³/mol. The third-order valence-corrected chi connectivity index (χ3v) is 2.77. The maximum Gasteiger partial charge on any atom is 0.244 e. The van der Waals surface area contributed by atoms with Gasteiger partial charge in [-0.2, -0.15) is 0 Å². The van der Waals surface area contributed by atoms with Gasteiger partial charge in [-0.15, -0.1) is 12.4 Å². The van der Waals surface area contributed by atoms with Gasteiger partial charge in [-0.1, -0.05) is 24.9 Å². The fourth-order valence-electron chi connectivity index (χ4n) is 1.48. The molecule has 1 atom stereocenters. The van der Waals surface area contributed by atoms with Gasteiger partial charge in [0.15, 0.2) is 0 Å². The summed E-state index contributed by atoms with van der Waals surface area (Å²) >= 11 is 5.54. The Bertz CT molecular complexity index is 425. The van der Waals surface area contributed by atoms with E-state index in [0.717, 1.165) is 6.42 Å². The first kappa shape index (κ1) is 17.2. The minimum absolute atomic E-state index is 0. The molecule has 1 rings (SSSR count). The second-order valence-electron chi connectivity index (χ2n) is 4.25. The number of carbonyl (C=O) groups excluding carboxylic acids is 1. The third-order valence-electron chi connectivity index (χ3n) is 2.47. The Kier molecular flexibility index (Phi) is 6.60. The van der Waals surface area contributed by atoms with Crippen LogP contribution in [0.5, 0.6) is 0 Å². The van der Waals surface area contributed by atoms with Gasteiger partial charge in [-0.25, -0.2) is 4.39 Å². The molecule has 0 saturated heterocycles. The van der Waals surface area contributed by atoms with Crippen LogP contribution in [0.25, 0.3) is 0 Å². The lowest BCUT2D eigenvalue weighted by molar-refractivity contribution is -0.120. The standard InChI is InChI=1S/C12H16ClFN2O.ClH/c1-3-6-12(2,15)11(17)16-8-4-5-9(13)10(14)7-8;/h4-5,7H,3,6,15H2,1-2H3,(H,16,17);1H. The summed E-state index contributed by atoms with van der Waals surface area (Å²) < 4.78 is 13.2. The van der Waals surface area contributed by atoms with Crippen LogP contribution in [-0.2, 0) is 4.79 Å². The fourth-order valence-corrected chi connectivity index (χ4v) is 1.60. The van der Waals surface area contributed by atoms with E-state index in [1.54, 1.807) is 6.92 Å². The average Bonchev–Trinajstić information content (AvgIpc) is 2.23. The van der Waals surface area contributed by atoms with Gasteiger partial charge in [0.2, 0.25) is 5.91 Å². The number of halogens is 3. The van der Waals surface area contributed by atoms with Crippen molar-refractivity contribution < 1.29 is 9.18 Å². The van der Waals surface area contributed by atoms with Crippen LogP contribution < -0.4 is 11.1 Å². The van der Waals surface area contributed by atoms with Crippen molar-refractivity contribution in [3.05, 3.63) is 29.0 Å². The molecule has 0 heterocycles. The largest absolute Gasteiger partial charge is 0.324 e. The van der Waals surface area contributed by atoms with E-state index < -0.39 is 11.4 Å². The Morgan fingerprint density at radius 2 is 2.17 bits per heavy atom. The molecule has 0 aromatic heterocycles. The normalized spacial score (nSPS) is 13.4. The van der Waals surface area contributed by atoms with Gasteiger partial charge in [-0.05, 0) is 31.5 Å². The number of anilines is 1. The summed E-state index contributed by atoms with van der Waals surface area (Å²) in [7, 11) is 0. The molecule has 0 saturated carbocycles. The maximum atomic E-state index is 13.2. The zero-order chi connectivity index (χ0) is 13.1.